The fourth-order valence-corrected chi connectivity index (χ4v) is 9.55. The van der Waals surface area contributed by atoms with Gasteiger partial charge in [0.15, 0.2) is 0 Å². The Balaban J connectivity index is 2.59. The van der Waals surface area contributed by atoms with Crippen molar-refractivity contribution >= 4 is 29.9 Å². The minimum atomic E-state index is -4.74. The van der Waals surface area contributed by atoms with Crippen molar-refractivity contribution in [2.75, 3.05) is 33.0 Å². The molecule has 0 amide bonds. The van der Waals surface area contributed by atoms with Gasteiger partial charge in [-0.2, -0.15) is 0 Å². The standard InChI is InChI=1S/C17H33AsO14S/c1-18(2,3-10(16(24)25)6-29-7-11(20)5-19)4-13-14(22)15(23)17(32-13)30-8-12(21)9-31-33(26,27)28/h10-15,17,19-23H,3-9H2,1-2H3,(H-,24,25,26,27,28)/p+1/t10-,11?,12-,13+,14-,15-,17+/m0/s1. The first-order valence-corrected chi connectivity index (χ1v) is 17.8. The maximum atomic E-state index is 11.6. The number of ether oxygens (including phenoxy) is 3. The van der Waals surface area contributed by atoms with Crippen molar-refractivity contribution in [2.45, 2.75) is 58.6 Å². The maximum absolute atomic E-state index is 11.6. The Morgan fingerprint density at radius 3 is 2.24 bits per heavy atom. The SMILES string of the molecule is C[As+](C)(C[C@@H](COCC(O)CO)C(=O)O)C[C@H]1O[C@@H](OC[C@H](O)COS(=O)(=O)O)[C@@H](O)[C@H]1O. The number of carboxylic acid groups (broad SMARTS) is 1. The zero-order chi connectivity index (χ0) is 25.4. The van der Waals surface area contributed by atoms with E-state index < -0.39 is 92.5 Å². The molecule has 1 unspecified atom stereocenters. The molecule has 0 saturated carbocycles. The monoisotopic (exact) mass is 569 g/mol. The van der Waals surface area contributed by atoms with Gasteiger partial charge < -0.3 is 0 Å². The summed E-state index contributed by atoms with van der Waals surface area (Å²) in [6.07, 6.45) is -7.54. The fraction of sp³-hybridized carbons (Fsp3) is 0.941. The van der Waals surface area contributed by atoms with Crippen LogP contribution in [-0.2, 0) is 33.6 Å². The van der Waals surface area contributed by atoms with Crippen molar-refractivity contribution < 1.29 is 66.8 Å². The summed E-state index contributed by atoms with van der Waals surface area (Å²) in [6, 6.07) is 0. The van der Waals surface area contributed by atoms with Crippen LogP contribution < -0.4 is 0 Å². The third-order valence-corrected chi connectivity index (χ3v) is 11.0. The van der Waals surface area contributed by atoms with E-state index in [2.05, 4.69) is 4.18 Å². The Morgan fingerprint density at radius 1 is 1.06 bits per heavy atom. The molecule has 1 saturated heterocycles. The van der Waals surface area contributed by atoms with Crippen LogP contribution in [0, 0.1) is 5.92 Å². The Hall–Kier alpha value is -0.422. The van der Waals surface area contributed by atoms with Crippen LogP contribution in [0.25, 0.3) is 0 Å². The van der Waals surface area contributed by atoms with Crippen LogP contribution in [0.2, 0.25) is 21.8 Å². The van der Waals surface area contributed by atoms with E-state index in [0.29, 0.717) is 5.21 Å². The molecule has 7 N–H and O–H groups in total. The summed E-state index contributed by atoms with van der Waals surface area (Å²) < 4.78 is 49.4. The number of aliphatic hydroxyl groups is 5. The van der Waals surface area contributed by atoms with Gasteiger partial charge in [-0.3, -0.25) is 0 Å². The normalized spacial score (nSPS) is 26.8. The van der Waals surface area contributed by atoms with Crippen molar-refractivity contribution in [1.82, 2.24) is 0 Å². The molecule has 0 radical (unpaired) electrons. The second-order valence-electron chi connectivity index (χ2n) is 8.43. The first kappa shape index (κ1) is 30.6. The van der Waals surface area contributed by atoms with Crippen molar-refractivity contribution in [3.63, 3.8) is 0 Å². The summed E-state index contributed by atoms with van der Waals surface area (Å²) in [5.74, 6) is -1.95. The molecule has 0 spiro atoms. The van der Waals surface area contributed by atoms with Crippen LogP contribution in [0.1, 0.15) is 0 Å². The molecule has 16 heteroatoms. The molecule has 0 bridgehead atoms. The average Bonchev–Trinajstić information content (AvgIpc) is 2.96. The van der Waals surface area contributed by atoms with Crippen LogP contribution in [-0.4, -0.2) is 133 Å². The van der Waals surface area contributed by atoms with Gasteiger partial charge in [0, 0.05) is 0 Å². The van der Waals surface area contributed by atoms with E-state index in [4.69, 9.17) is 23.9 Å². The van der Waals surface area contributed by atoms with E-state index in [-0.39, 0.29) is 18.4 Å². The number of hydrogen-bond donors (Lipinski definition) is 7. The van der Waals surface area contributed by atoms with Crippen molar-refractivity contribution in [3.05, 3.63) is 0 Å². The van der Waals surface area contributed by atoms with Gasteiger partial charge in [-0.15, -0.1) is 0 Å². The number of rotatable bonds is 16. The molecule has 1 aliphatic rings. The van der Waals surface area contributed by atoms with Gasteiger partial charge in [0.25, 0.3) is 0 Å². The first-order chi connectivity index (χ1) is 15.1. The molecule has 1 rings (SSSR count). The summed E-state index contributed by atoms with van der Waals surface area (Å²) in [5.41, 5.74) is 3.81. The second kappa shape index (κ2) is 13.6. The molecule has 33 heavy (non-hydrogen) atoms. The van der Waals surface area contributed by atoms with E-state index in [1.807, 2.05) is 11.4 Å². The van der Waals surface area contributed by atoms with Crippen LogP contribution in [0.5, 0.6) is 0 Å². The van der Waals surface area contributed by atoms with Gasteiger partial charge in [0.05, 0.1) is 0 Å². The van der Waals surface area contributed by atoms with E-state index in [0.717, 1.165) is 0 Å². The van der Waals surface area contributed by atoms with Crippen LogP contribution in [0.4, 0.5) is 0 Å². The number of aliphatic hydroxyl groups excluding tert-OH is 5. The third kappa shape index (κ3) is 11.7. The Bertz CT molecular complexity index is 704. The Kier molecular flexibility index (Phi) is 12.6. The van der Waals surface area contributed by atoms with Gasteiger partial charge in [-0.1, -0.05) is 0 Å². The third-order valence-electron chi connectivity index (χ3n) is 4.76. The summed E-state index contributed by atoms with van der Waals surface area (Å²) in [5, 5.41) is 58.3. The molecule has 1 aliphatic heterocycles. The van der Waals surface area contributed by atoms with Gasteiger partial charge >= 0.3 is 194 Å². The van der Waals surface area contributed by atoms with E-state index in [1.54, 1.807) is 0 Å². The minimum absolute atomic E-state index is 0.164. The summed E-state index contributed by atoms with van der Waals surface area (Å²) in [7, 11) is -4.74. The molecule has 0 aromatic heterocycles. The topological polar surface area (TPSA) is 230 Å². The van der Waals surface area contributed by atoms with Crippen molar-refractivity contribution in [1.29, 1.82) is 0 Å². The van der Waals surface area contributed by atoms with Gasteiger partial charge in [-0.25, -0.2) is 0 Å². The van der Waals surface area contributed by atoms with Crippen LogP contribution in [0.15, 0.2) is 0 Å². The van der Waals surface area contributed by atoms with Gasteiger partial charge in [-0.05, 0) is 0 Å². The number of carboxylic acids is 1. The second-order valence-corrected chi connectivity index (χ2v) is 19.2. The van der Waals surface area contributed by atoms with Crippen molar-refractivity contribution in [3.8, 4) is 0 Å². The summed E-state index contributed by atoms with van der Waals surface area (Å²) >= 11 is -2.74. The van der Waals surface area contributed by atoms with Gasteiger partial charge in [0.2, 0.25) is 0 Å². The van der Waals surface area contributed by atoms with Crippen LogP contribution >= 0.6 is 0 Å². The predicted molar refractivity (Wildman–Crippen MR) is 112 cm³/mol. The molecule has 14 nitrogen and oxygen atoms in total. The zero-order valence-corrected chi connectivity index (χ0v) is 21.0. The molecule has 0 aliphatic carbocycles. The van der Waals surface area contributed by atoms with E-state index in [1.165, 1.54) is 0 Å². The van der Waals surface area contributed by atoms with Gasteiger partial charge in [0.1, 0.15) is 0 Å². The molecular formula is C17H34AsO14S+. The zero-order valence-electron chi connectivity index (χ0n) is 18.3. The fourth-order valence-electron chi connectivity index (χ4n) is 3.18. The molecule has 1 heterocycles. The number of carbonyl (C=O) groups is 1. The molecule has 196 valence electrons. The molecule has 7 atom stereocenters. The number of hydrogen-bond acceptors (Lipinski definition) is 12. The summed E-state index contributed by atoms with van der Waals surface area (Å²) in [6.45, 7) is -2.18. The van der Waals surface area contributed by atoms with E-state index in [9.17, 15) is 38.7 Å². The Labute approximate surface area is 194 Å². The molecule has 0 aromatic carbocycles. The van der Waals surface area contributed by atoms with Crippen molar-refractivity contribution in [2.24, 2.45) is 5.92 Å². The Morgan fingerprint density at radius 2 is 1.70 bits per heavy atom. The molecular weight excluding hydrogens is 535 g/mol. The number of aliphatic carboxylic acids is 1. The first-order valence-electron chi connectivity index (χ1n) is 9.99. The predicted octanol–water partition coefficient (Wildman–Crippen LogP) is -2.59. The van der Waals surface area contributed by atoms with Crippen LogP contribution in [0.3, 0.4) is 0 Å². The average molecular weight is 569 g/mol. The molecule has 1 fully saturated rings. The summed E-state index contributed by atoms with van der Waals surface area (Å²) in [4.78, 5) is 11.6. The molecule has 0 aromatic rings. The quantitative estimate of drug-likeness (QED) is 0.0747. The van der Waals surface area contributed by atoms with E-state index >= 15 is 0 Å².